The van der Waals surface area contributed by atoms with E-state index in [1.165, 1.54) is 51.7 Å². The van der Waals surface area contributed by atoms with Crippen molar-refractivity contribution in [2.75, 3.05) is 21.3 Å². The number of rotatable bonds is 6. The van der Waals surface area contributed by atoms with Crippen LogP contribution in [0.5, 0.6) is 46.0 Å². The van der Waals surface area contributed by atoms with Gasteiger partial charge in [0.15, 0.2) is 28.8 Å². The van der Waals surface area contributed by atoms with E-state index < -0.39 is 22.8 Å². The second-order valence-corrected chi connectivity index (χ2v) is 8.02. The monoisotopic (exact) mass is 496 g/mol. The molecule has 0 aliphatic carbocycles. The van der Waals surface area contributed by atoms with Gasteiger partial charge in [-0.2, -0.15) is 0 Å². The van der Waals surface area contributed by atoms with Crippen LogP contribution in [0.25, 0.3) is 22.3 Å². The lowest BCUT2D eigenvalue weighted by atomic mass is 9.90. The first-order chi connectivity index (χ1) is 17.1. The summed E-state index contributed by atoms with van der Waals surface area (Å²) in [5, 5.41) is 51.8. The van der Waals surface area contributed by atoms with Gasteiger partial charge < -0.3 is 44.2 Å². The van der Waals surface area contributed by atoms with Gasteiger partial charge in [-0.1, -0.05) is 6.92 Å². The van der Waals surface area contributed by atoms with Crippen molar-refractivity contribution >= 4 is 11.0 Å². The summed E-state index contributed by atoms with van der Waals surface area (Å²) in [5.74, 6) is -2.73. The molecule has 36 heavy (non-hydrogen) atoms. The van der Waals surface area contributed by atoms with E-state index in [1.807, 2.05) is 0 Å². The van der Waals surface area contributed by atoms with E-state index in [2.05, 4.69) is 0 Å². The lowest BCUT2D eigenvalue weighted by Gasteiger charge is -2.19. The first kappa shape index (κ1) is 24.4. The Morgan fingerprint density at radius 2 is 1.36 bits per heavy atom. The summed E-state index contributed by atoms with van der Waals surface area (Å²) in [6.07, 6.45) is 0. The molecule has 3 aromatic carbocycles. The molecule has 5 N–H and O–H groups in total. The Kier molecular flexibility index (Phi) is 6.19. The molecule has 0 amide bonds. The van der Waals surface area contributed by atoms with E-state index in [4.69, 9.17) is 18.6 Å². The number of phenols is 4. The van der Waals surface area contributed by atoms with Crippen molar-refractivity contribution in [2.45, 2.75) is 12.8 Å². The highest BCUT2D eigenvalue weighted by molar-refractivity contribution is 5.91. The quantitative estimate of drug-likeness (QED) is 0.262. The third-order valence-corrected chi connectivity index (χ3v) is 6.02. The fourth-order valence-corrected chi connectivity index (χ4v) is 4.11. The van der Waals surface area contributed by atoms with E-state index in [1.54, 1.807) is 6.92 Å². The minimum absolute atomic E-state index is 0.0743. The highest BCUT2D eigenvalue weighted by Crippen LogP contribution is 2.46. The standard InChI is InChI=1S/C26H24O10/c1-11(13-8-18(34-3)22(30)19(9-13)35-4)20-15(28)10-16(29)21-23(31)24(32)25(36-26(20)21)12-5-6-14(27)17(7-12)33-2/h5-11,27-30,32H,1-4H3. The van der Waals surface area contributed by atoms with Gasteiger partial charge in [0.2, 0.25) is 16.9 Å². The maximum Gasteiger partial charge on any atom is 0.238 e. The summed E-state index contributed by atoms with van der Waals surface area (Å²) in [6.45, 7) is 1.70. The second kappa shape index (κ2) is 9.14. The van der Waals surface area contributed by atoms with Crippen molar-refractivity contribution in [2.24, 2.45) is 0 Å². The molecule has 1 unspecified atom stereocenters. The average molecular weight is 496 g/mol. The lowest BCUT2D eigenvalue weighted by Crippen LogP contribution is -2.07. The molecule has 1 aromatic heterocycles. The SMILES string of the molecule is COc1cc(-c2oc3c(C(C)c4cc(OC)c(O)c(OC)c4)c(O)cc(O)c3c(=O)c2O)ccc1O. The van der Waals surface area contributed by atoms with Gasteiger partial charge >= 0.3 is 0 Å². The fraction of sp³-hybridized carbons (Fsp3) is 0.192. The Labute approximate surface area is 204 Å². The Morgan fingerprint density at radius 1 is 0.750 bits per heavy atom. The first-order valence-electron chi connectivity index (χ1n) is 10.7. The largest absolute Gasteiger partial charge is 0.507 e. The van der Waals surface area contributed by atoms with Crippen LogP contribution < -0.4 is 19.6 Å². The number of ether oxygens (including phenoxy) is 3. The summed E-state index contributed by atoms with van der Waals surface area (Å²) < 4.78 is 21.5. The molecule has 4 aromatic rings. The summed E-state index contributed by atoms with van der Waals surface area (Å²) in [6, 6.07) is 8.12. The third-order valence-electron chi connectivity index (χ3n) is 6.02. The number of phenolic OH excluding ortho intramolecular Hbond substituents is 4. The van der Waals surface area contributed by atoms with Gasteiger partial charge in [-0.25, -0.2) is 0 Å². The minimum atomic E-state index is -0.926. The van der Waals surface area contributed by atoms with Crippen LogP contribution in [-0.4, -0.2) is 46.9 Å². The number of aromatic hydroxyl groups is 5. The molecule has 0 saturated carbocycles. The number of hydrogen-bond donors (Lipinski definition) is 5. The molecule has 0 radical (unpaired) electrons. The zero-order valence-corrected chi connectivity index (χ0v) is 19.8. The molecule has 188 valence electrons. The number of methoxy groups -OCH3 is 3. The fourth-order valence-electron chi connectivity index (χ4n) is 4.11. The Hall–Kier alpha value is -4.73. The summed E-state index contributed by atoms with van der Waals surface area (Å²) in [4.78, 5) is 13.1. The number of fused-ring (bicyclic) bond motifs is 1. The first-order valence-corrected chi connectivity index (χ1v) is 10.7. The molecule has 10 nitrogen and oxygen atoms in total. The molecule has 0 saturated heterocycles. The van der Waals surface area contributed by atoms with Gasteiger partial charge in [-0.05, 0) is 35.9 Å². The van der Waals surface area contributed by atoms with Crippen LogP contribution in [0.4, 0.5) is 0 Å². The zero-order chi connectivity index (χ0) is 26.3. The van der Waals surface area contributed by atoms with Gasteiger partial charge in [0.05, 0.1) is 21.3 Å². The second-order valence-electron chi connectivity index (χ2n) is 8.02. The summed E-state index contributed by atoms with van der Waals surface area (Å²) >= 11 is 0. The van der Waals surface area contributed by atoms with Gasteiger partial charge in [-0.15, -0.1) is 0 Å². The summed E-state index contributed by atoms with van der Waals surface area (Å²) in [5.41, 5.74) is -0.245. The smallest absolute Gasteiger partial charge is 0.238 e. The van der Waals surface area contributed by atoms with Gasteiger partial charge in [0.1, 0.15) is 22.5 Å². The lowest BCUT2D eigenvalue weighted by molar-refractivity contribution is 0.339. The van der Waals surface area contributed by atoms with Crippen LogP contribution in [-0.2, 0) is 0 Å². The summed E-state index contributed by atoms with van der Waals surface area (Å²) in [7, 11) is 4.08. The van der Waals surface area contributed by atoms with E-state index >= 15 is 0 Å². The van der Waals surface area contributed by atoms with E-state index in [9.17, 15) is 30.3 Å². The maximum atomic E-state index is 13.1. The maximum absolute atomic E-state index is 13.1. The van der Waals surface area contributed by atoms with Crippen molar-refractivity contribution in [1.29, 1.82) is 0 Å². The Morgan fingerprint density at radius 3 is 1.94 bits per heavy atom. The molecule has 0 aliphatic rings. The Bertz CT molecular complexity index is 1510. The van der Waals surface area contributed by atoms with Crippen LogP contribution in [0.2, 0.25) is 0 Å². The molecule has 10 heteroatoms. The van der Waals surface area contributed by atoms with Crippen molar-refractivity contribution in [3.63, 3.8) is 0 Å². The average Bonchev–Trinajstić information content (AvgIpc) is 2.86. The van der Waals surface area contributed by atoms with E-state index in [-0.39, 0.29) is 62.4 Å². The molecule has 0 aliphatic heterocycles. The third kappa shape index (κ3) is 3.82. The Balaban J connectivity index is 2.04. The minimum Gasteiger partial charge on any atom is -0.507 e. The molecular formula is C26H24O10. The van der Waals surface area contributed by atoms with Crippen molar-refractivity contribution in [1.82, 2.24) is 0 Å². The van der Waals surface area contributed by atoms with Crippen molar-refractivity contribution in [3.8, 4) is 57.3 Å². The van der Waals surface area contributed by atoms with Crippen LogP contribution in [0.15, 0.2) is 45.6 Å². The van der Waals surface area contributed by atoms with Crippen LogP contribution in [0.3, 0.4) is 0 Å². The van der Waals surface area contributed by atoms with Crippen molar-refractivity contribution < 1.29 is 44.2 Å². The molecular weight excluding hydrogens is 472 g/mol. The molecule has 1 atom stereocenters. The predicted molar refractivity (Wildman–Crippen MR) is 130 cm³/mol. The highest BCUT2D eigenvalue weighted by atomic mass is 16.5. The molecule has 0 fully saturated rings. The highest BCUT2D eigenvalue weighted by Gasteiger charge is 2.27. The number of hydrogen-bond acceptors (Lipinski definition) is 10. The van der Waals surface area contributed by atoms with Crippen LogP contribution in [0.1, 0.15) is 24.0 Å². The topological polar surface area (TPSA) is 159 Å². The molecule has 0 spiro atoms. The normalized spacial score (nSPS) is 11.9. The van der Waals surface area contributed by atoms with E-state index in [0.29, 0.717) is 5.56 Å². The van der Waals surface area contributed by atoms with Crippen molar-refractivity contribution in [3.05, 3.63) is 57.7 Å². The van der Waals surface area contributed by atoms with Gasteiger partial charge in [0.25, 0.3) is 0 Å². The predicted octanol–water partition coefficient (Wildman–Crippen LogP) is 4.17. The van der Waals surface area contributed by atoms with Crippen LogP contribution in [0, 0.1) is 0 Å². The van der Waals surface area contributed by atoms with E-state index in [0.717, 1.165) is 6.07 Å². The molecule has 1 heterocycles. The van der Waals surface area contributed by atoms with Gasteiger partial charge in [0, 0.05) is 23.1 Å². The molecule has 4 rings (SSSR count). The zero-order valence-electron chi connectivity index (χ0n) is 19.8. The molecule has 0 bridgehead atoms. The van der Waals surface area contributed by atoms with Crippen LogP contribution >= 0.6 is 0 Å². The number of benzene rings is 3. The van der Waals surface area contributed by atoms with Gasteiger partial charge in [-0.3, -0.25) is 4.79 Å².